The molecule has 0 aliphatic heterocycles. The van der Waals surface area contributed by atoms with Crippen molar-refractivity contribution in [3.63, 3.8) is 0 Å². The molecule has 0 saturated heterocycles. The lowest BCUT2D eigenvalue weighted by molar-refractivity contribution is 0.409. The van der Waals surface area contributed by atoms with Crippen molar-refractivity contribution in [2.75, 3.05) is 5.32 Å². The Labute approximate surface area is 91.1 Å². The Bertz CT molecular complexity index is 324. The van der Waals surface area contributed by atoms with Gasteiger partial charge in [0.15, 0.2) is 0 Å². The minimum atomic E-state index is 0.369. The van der Waals surface area contributed by atoms with Gasteiger partial charge in [-0.05, 0) is 44.7 Å². The van der Waals surface area contributed by atoms with Crippen molar-refractivity contribution in [1.82, 2.24) is 4.98 Å². The van der Waals surface area contributed by atoms with Crippen LogP contribution in [0.4, 0.5) is 5.69 Å². The summed E-state index contributed by atoms with van der Waals surface area (Å²) in [6.45, 7) is 2.03. The second kappa shape index (κ2) is 4.62. The third-order valence-electron chi connectivity index (χ3n) is 3.08. The smallest absolute Gasteiger partial charge is 0.0603 e. The molecule has 0 bridgehead atoms. The number of nitrogens with two attached hydrogens (primary N) is 1. The molecule has 0 aromatic carbocycles. The van der Waals surface area contributed by atoms with E-state index < -0.39 is 0 Å². The van der Waals surface area contributed by atoms with Crippen molar-refractivity contribution in [3.8, 4) is 0 Å². The van der Waals surface area contributed by atoms with Gasteiger partial charge in [0.25, 0.3) is 0 Å². The highest BCUT2D eigenvalue weighted by molar-refractivity contribution is 5.47. The second-order valence-corrected chi connectivity index (χ2v) is 4.40. The lowest BCUT2D eigenvalue weighted by Gasteiger charge is -2.28. The van der Waals surface area contributed by atoms with E-state index in [9.17, 15) is 0 Å². The standard InChI is InChI=1S/C12H19N3/c1-9-12(6-3-7-14-9)15-11-5-2-4-10(13)8-11/h3,6-7,10-11,15H,2,4-5,8,13H2,1H3. The molecule has 3 nitrogen and oxygen atoms in total. The quantitative estimate of drug-likeness (QED) is 0.777. The zero-order chi connectivity index (χ0) is 10.7. The normalized spacial score (nSPS) is 26.3. The molecule has 2 unspecified atom stereocenters. The van der Waals surface area contributed by atoms with Crippen LogP contribution in [0, 0.1) is 6.92 Å². The maximum Gasteiger partial charge on any atom is 0.0603 e. The van der Waals surface area contributed by atoms with Crippen LogP contribution in [0.1, 0.15) is 31.4 Å². The summed E-state index contributed by atoms with van der Waals surface area (Å²) in [5.74, 6) is 0. The van der Waals surface area contributed by atoms with Gasteiger partial charge in [-0.25, -0.2) is 0 Å². The molecule has 1 aliphatic carbocycles. The molecule has 1 fully saturated rings. The summed E-state index contributed by atoms with van der Waals surface area (Å²) < 4.78 is 0. The molecule has 1 aliphatic rings. The molecule has 0 radical (unpaired) electrons. The fourth-order valence-corrected chi connectivity index (χ4v) is 2.22. The Kier molecular flexibility index (Phi) is 3.21. The SMILES string of the molecule is Cc1ncccc1NC1CCCC(N)C1. The number of anilines is 1. The first-order chi connectivity index (χ1) is 7.25. The largest absolute Gasteiger partial charge is 0.381 e. The van der Waals surface area contributed by atoms with Crippen molar-refractivity contribution in [1.29, 1.82) is 0 Å². The van der Waals surface area contributed by atoms with E-state index in [0.29, 0.717) is 12.1 Å². The lowest BCUT2D eigenvalue weighted by atomic mass is 9.91. The number of aryl methyl sites for hydroxylation is 1. The summed E-state index contributed by atoms with van der Waals surface area (Å²) in [7, 11) is 0. The van der Waals surface area contributed by atoms with E-state index in [-0.39, 0.29) is 0 Å². The summed E-state index contributed by atoms with van der Waals surface area (Å²) in [6.07, 6.45) is 6.53. The molecule has 1 saturated carbocycles. The third kappa shape index (κ3) is 2.69. The minimum Gasteiger partial charge on any atom is -0.381 e. The van der Waals surface area contributed by atoms with E-state index >= 15 is 0 Å². The van der Waals surface area contributed by atoms with Gasteiger partial charge in [0, 0.05) is 18.3 Å². The van der Waals surface area contributed by atoms with Gasteiger partial charge in [0.2, 0.25) is 0 Å². The van der Waals surface area contributed by atoms with Crippen LogP contribution in [0.15, 0.2) is 18.3 Å². The summed E-state index contributed by atoms with van der Waals surface area (Å²) in [5.41, 5.74) is 8.18. The van der Waals surface area contributed by atoms with E-state index in [4.69, 9.17) is 5.73 Å². The van der Waals surface area contributed by atoms with Crippen LogP contribution in [0.25, 0.3) is 0 Å². The van der Waals surface area contributed by atoms with E-state index in [1.807, 2.05) is 19.2 Å². The molecule has 2 atom stereocenters. The molecule has 3 N–H and O–H groups in total. The topological polar surface area (TPSA) is 50.9 Å². The first kappa shape index (κ1) is 10.4. The van der Waals surface area contributed by atoms with Crippen molar-refractivity contribution in [2.45, 2.75) is 44.7 Å². The summed E-state index contributed by atoms with van der Waals surface area (Å²) in [6, 6.07) is 4.95. The van der Waals surface area contributed by atoms with E-state index in [2.05, 4.69) is 16.4 Å². The number of aromatic nitrogens is 1. The number of nitrogens with zero attached hydrogens (tertiary/aromatic N) is 1. The first-order valence-electron chi connectivity index (χ1n) is 5.69. The van der Waals surface area contributed by atoms with Crippen molar-refractivity contribution in [3.05, 3.63) is 24.0 Å². The van der Waals surface area contributed by atoms with Crippen LogP contribution in [0.5, 0.6) is 0 Å². The number of rotatable bonds is 2. The molecule has 0 amide bonds. The highest BCUT2D eigenvalue weighted by Gasteiger charge is 2.19. The summed E-state index contributed by atoms with van der Waals surface area (Å²) in [5, 5.41) is 3.54. The lowest BCUT2D eigenvalue weighted by Crippen LogP contribution is -2.35. The molecule has 0 spiro atoms. The maximum absolute atomic E-state index is 5.96. The Morgan fingerprint density at radius 3 is 3.07 bits per heavy atom. The monoisotopic (exact) mass is 205 g/mol. The number of nitrogens with one attached hydrogen (secondary N) is 1. The third-order valence-corrected chi connectivity index (χ3v) is 3.08. The van der Waals surface area contributed by atoms with E-state index in [1.165, 1.54) is 19.3 Å². The Morgan fingerprint density at radius 2 is 2.33 bits per heavy atom. The number of hydrogen-bond donors (Lipinski definition) is 2. The predicted octanol–water partition coefficient (Wildman–Crippen LogP) is 2.07. The van der Waals surface area contributed by atoms with Crippen LogP contribution >= 0.6 is 0 Å². The van der Waals surface area contributed by atoms with Crippen molar-refractivity contribution in [2.24, 2.45) is 5.73 Å². The van der Waals surface area contributed by atoms with Crippen LogP contribution in [-0.4, -0.2) is 17.1 Å². The van der Waals surface area contributed by atoms with Crippen LogP contribution in [-0.2, 0) is 0 Å². The molecule has 1 aromatic heterocycles. The van der Waals surface area contributed by atoms with Gasteiger partial charge < -0.3 is 11.1 Å². The maximum atomic E-state index is 5.96. The van der Waals surface area contributed by atoms with Crippen LogP contribution in [0.2, 0.25) is 0 Å². The van der Waals surface area contributed by atoms with Gasteiger partial charge >= 0.3 is 0 Å². The Morgan fingerprint density at radius 1 is 1.47 bits per heavy atom. The highest BCUT2D eigenvalue weighted by atomic mass is 14.9. The van der Waals surface area contributed by atoms with Crippen LogP contribution in [0.3, 0.4) is 0 Å². The fraction of sp³-hybridized carbons (Fsp3) is 0.583. The van der Waals surface area contributed by atoms with E-state index in [0.717, 1.165) is 17.8 Å². The Hall–Kier alpha value is -1.09. The van der Waals surface area contributed by atoms with E-state index in [1.54, 1.807) is 0 Å². The van der Waals surface area contributed by atoms with Gasteiger partial charge in [-0.1, -0.05) is 0 Å². The number of pyridine rings is 1. The van der Waals surface area contributed by atoms with Gasteiger partial charge in [-0.3, -0.25) is 4.98 Å². The Balaban J connectivity index is 1.99. The summed E-state index contributed by atoms with van der Waals surface area (Å²) in [4.78, 5) is 4.27. The number of hydrogen-bond acceptors (Lipinski definition) is 3. The average molecular weight is 205 g/mol. The van der Waals surface area contributed by atoms with Gasteiger partial charge in [-0.15, -0.1) is 0 Å². The highest BCUT2D eigenvalue weighted by Crippen LogP contribution is 2.22. The zero-order valence-corrected chi connectivity index (χ0v) is 9.24. The zero-order valence-electron chi connectivity index (χ0n) is 9.24. The molecule has 3 heteroatoms. The molecule has 2 rings (SSSR count). The molecule has 1 aromatic rings. The van der Waals surface area contributed by atoms with Crippen LogP contribution < -0.4 is 11.1 Å². The van der Waals surface area contributed by atoms with Gasteiger partial charge in [0.05, 0.1) is 11.4 Å². The van der Waals surface area contributed by atoms with Crippen molar-refractivity contribution >= 4 is 5.69 Å². The molecule has 1 heterocycles. The molecular formula is C12H19N3. The summed E-state index contributed by atoms with van der Waals surface area (Å²) >= 11 is 0. The molecule has 82 valence electrons. The van der Waals surface area contributed by atoms with Crippen molar-refractivity contribution < 1.29 is 0 Å². The second-order valence-electron chi connectivity index (χ2n) is 4.40. The van der Waals surface area contributed by atoms with Gasteiger partial charge in [0.1, 0.15) is 0 Å². The fourth-order valence-electron chi connectivity index (χ4n) is 2.22. The molecule has 15 heavy (non-hydrogen) atoms. The molecular weight excluding hydrogens is 186 g/mol. The predicted molar refractivity (Wildman–Crippen MR) is 62.8 cm³/mol. The van der Waals surface area contributed by atoms with Gasteiger partial charge in [-0.2, -0.15) is 0 Å². The first-order valence-corrected chi connectivity index (χ1v) is 5.69. The average Bonchev–Trinajstić information content (AvgIpc) is 2.22. The minimum absolute atomic E-state index is 0.369.